The van der Waals surface area contributed by atoms with Crippen LogP contribution in [0.5, 0.6) is 0 Å². The zero-order valence-electron chi connectivity index (χ0n) is 63.9. The third-order valence-electron chi connectivity index (χ3n) is 24.5. The van der Waals surface area contributed by atoms with Gasteiger partial charge in [0, 0.05) is 22.3 Å². The maximum atomic E-state index is 4.23. The topological polar surface area (TPSA) is 0 Å². The quantitative estimate of drug-likeness (QED) is 0.0578. The second kappa shape index (κ2) is 28.0. The predicted molar refractivity (Wildman–Crippen MR) is 449 cm³/mol. The summed E-state index contributed by atoms with van der Waals surface area (Å²) in [5.41, 5.74) is 32.4. The highest BCUT2D eigenvalue weighted by Gasteiger charge is 2.45. The lowest BCUT2D eigenvalue weighted by Gasteiger charge is -2.38. The van der Waals surface area contributed by atoms with Crippen LogP contribution < -0.4 is 0 Å². The average molecular weight is 1350 g/mol. The Bertz CT molecular complexity index is 4750. The van der Waals surface area contributed by atoms with Crippen LogP contribution in [0.4, 0.5) is 0 Å². The Balaban J connectivity index is 1.10. The summed E-state index contributed by atoms with van der Waals surface area (Å²) in [5, 5.41) is 19.5. The van der Waals surface area contributed by atoms with E-state index >= 15 is 0 Å². The third-order valence-corrected chi connectivity index (χ3v) is 49.7. The van der Waals surface area contributed by atoms with Crippen molar-refractivity contribution < 1.29 is 0 Å². The van der Waals surface area contributed by atoms with Gasteiger partial charge in [-0.05, 0) is 236 Å². The molecule has 0 bridgehead atoms. The fraction of sp³-hybridized carbons (Fsp3) is 0.383. The van der Waals surface area contributed by atoms with E-state index in [4.69, 9.17) is 0 Å². The van der Waals surface area contributed by atoms with Gasteiger partial charge in [0.25, 0.3) is 0 Å². The van der Waals surface area contributed by atoms with Crippen molar-refractivity contribution in [3.05, 3.63) is 180 Å². The first-order chi connectivity index (χ1) is 46.4. The summed E-state index contributed by atoms with van der Waals surface area (Å²) >= 11 is 0. The summed E-state index contributed by atoms with van der Waals surface area (Å²) in [7, 11) is -8.52. The van der Waals surface area contributed by atoms with E-state index in [0.717, 1.165) is 22.3 Å². The van der Waals surface area contributed by atoms with E-state index in [9.17, 15) is 0 Å². The van der Waals surface area contributed by atoms with Gasteiger partial charge in [-0.25, -0.2) is 0 Å². The molecule has 0 nitrogen and oxygen atoms in total. The molecule has 0 fully saturated rings. The standard InChI is InChI=1S/C94H110Si4/c1-59(2)95(60(3)4,61(5)6)45-41-83-87-51-73-29-25-27-31-75(73)53-89(87)85(43-47-97(65(13)14,66(15)16)67(17)18)93-57-81-49-77(37-39-79(81)55-91(83)93)71-33-35-72(36-34-71)78-38-40-80-56-92-84(42-46-96(62(7)8,63(9)10)64(11)12)88-52-74-30-26-28-32-76(74)54-90(88)86(94(92)58-82(80)50-78)44-48-98(68(19)20,69(21)22)70(23)24/h25-40,49-70H,1-24H3. The smallest absolute Gasteiger partial charge is 0.125 e. The first-order valence-electron chi connectivity index (χ1n) is 37.4. The summed E-state index contributed by atoms with van der Waals surface area (Å²) in [5.74, 6) is 16.4. The van der Waals surface area contributed by atoms with Crippen molar-refractivity contribution in [2.45, 2.75) is 233 Å². The minimum atomic E-state index is -2.14. The Kier molecular flexibility index (Phi) is 20.5. The van der Waals surface area contributed by atoms with Crippen molar-refractivity contribution >= 4 is 118 Å². The molecule has 11 aromatic carbocycles. The highest BCUT2D eigenvalue weighted by Crippen LogP contribution is 2.48. The van der Waals surface area contributed by atoms with Crippen molar-refractivity contribution in [2.24, 2.45) is 0 Å². The summed E-state index contributed by atoms with van der Waals surface area (Å²) in [6, 6.07) is 60.8. The molecular weight excluding hydrogens is 1240 g/mol. The molecule has 0 unspecified atom stereocenters. The maximum absolute atomic E-state index is 4.23. The first kappa shape index (κ1) is 71.9. The first-order valence-corrected chi connectivity index (χ1v) is 46.3. The highest BCUT2D eigenvalue weighted by molar-refractivity contribution is 6.92. The van der Waals surface area contributed by atoms with Crippen molar-refractivity contribution in [2.75, 3.05) is 0 Å². The molecule has 502 valence electrons. The van der Waals surface area contributed by atoms with Crippen LogP contribution in [0.25, 0.3) is 108 Å². The molecule has 0 atom stereocenters. The highest BCUT2D eigenvalue weighted by atomic mass is 28.3. The Hall–Kier alpha value is -7.39. The van der Waals surface area contributed by atoms with Crippen LogP contribution in [0.2, 0.25) is 66.5 Å². The van der Waals surface area contributed by atoms with Gasteiger partial charge in [0.05, 0.1) is 0 Å². The van der Waals surface area contributed by atoms with E-state index in [1.807, 2.05) is 0 Å². The Morgan fingerprint density at radius 2 is 0.347 bits per heavy atom. The van der Waals surface area contributed by atoms with Crippen LogP contribution in [0.1, 0.15) is 188 Å². The molecule has 0 aliphatic heterocycles. The van der Waals surface area contributed by atoms with Crippen molar-refractivity contribution in [1.29, 1.82) is 0 Å². The Morgan fingerprint density at radius 3 is 0.531 bits per heavy atom. The largest absolute Gasteiger partial charge is 0.146 e. The van der Waals surface area contributed by atoms with Gasteiger partial charge in [-0.15, -0.1) is 22.2 Å². The van der Waals surface area contributed by atoms with Crippen LogP contribution >= 0.6 is 0 Å². The van der Waals surface area contributed by atoms with Gasteiger partial charge in [-0.3, -0.25) is 0 Å². The van der Waals surface area contributed by atoms with Gasteiger partial charge >= 0.3 is 0 Å². The van der Waals surface area contributed by atoms with E-state index in [2.05, 4.69) is 370 Å². The molecule has 0 amide bonds. The molecule has 0 aliphatic carbocycles. The monoisotopic (exact) mass is 1350 g/mol. The number of benzene rings is 11. The van der Waals surface area contributed by atoms with Crippen molar-refractivity contribution in [3.63, 3.8) is 0 Å². The molecule has 11 rings (SSSR count). The van der Waals surface area contributed by atoms with Gasteiger partial charge in [0.2, 0.25) is 0 Å². The molecule has 98 heavy (non-hydrogen) atoms. The maximum Gasteiger partial charge on any atom is 0.146 e. The predicted octanol–water partition coefficient (Wildman–Crippen LogP) is 28.5. The molecule has 0 saturated carbocycles. The van der Waals surface area contributed by atoms with Gasteiger partial charge in [-0.2, -0.15) is 0 Å². The van der Waals surface area contributed by atoms with E-state index in [-0.39, 0.29) is 0 Å². The second-order valence-corrected chi connectivity index (χ2v) is 55.4. The molecule has 11 aromatic rings. The van der Waals surface area contributed by atoms with E-state index in [1.165, 1.54) is 108 Å². The van der Waals surface area contributed by atoms with E-state index < -0.39 is 32.3 Å². The molecule has 0 radical (unpaired) electrons. The lowest BCUT2D eigenvalue weighted by Crippen LogP contribution is -2.43. The minimum Gasteiger partial charge on any atom is -0.125 e. The zero-order chi connectivity index (χ0) is 70.8. The molecule has 0 aromatic heterocycles. The van der Waals surface area contributed by atoms with Gasteiger partial charge in [0.15, 0.2) is 0 Å². The third kappa shape index (κ3) is 12.4. The fourth-order valence-corrected chi connectivity index (χ4v) is 40.3. The van der Waals surface area contributed by atoms with Gasteiger partial charge in [-0.1, -0.05) is 287 Å². The van der Waals surface area contributed by atoms with Crippen LogP contribution in [0.15, 0.2) is 158 Å². The van der Waals surface area contributed by atoms with E-state index in [0.29, 0.717) is 66.5 Å². The van der Waals surface area contributed by atoms with Crippen LogP contribution in [-0.4, -0.2) is 32.3 Å². The van der Waals surface area contributed by atoms with Crippen molar-refractivity contribution in [3.8, 4) is 68.1 Å². The van der Waals surface area contributed by atoms with Crippen LogP contribution in [-0.2, 0) is 0 Å². The van der Waals surface area contributed by atoms with E-state index in [1.54, 1.807) is 0 Å². The number of fused-ring (bicyclic) bond motifs is 8. The fourth-order valence-electron chi connectivity index (χ4n) is 19.5. The number of hydrogen-bond donors (Lipinski definition) is 0. The second-order valence-electron chi connectivity index (χ2n) is 33.1. The molecular formula is C94H110Si4. The number of hydrogen-bond acceptors (Lipinski definition) is 0. The number of rotatable bonds is 14. The Labute approximate surface area is 595 Å². The summed E-state index contributed by atoms with van der Waals surface area (Å²) in [6.45, 7) is 58.3. The van der Waals surface area contributed by atoms with Crippen LogP contribution in [0.3, 0.4) is 0 Å². The zero-order valence-corrected chi connectivity index (χ0v) is 67.9. The van der Waals surface area contributed by atoms with Crippen LogP contribution in [0, 0.1) is 45.9 Å². The Morgan fingerprint density at radius 1 is 0.184 bits per heavy atom. The SMILES string of the molecule is CC(C)[Si](C#Cc1c2cc3ccccc3cc2c(C#C[Si](C(C)C)(C(C)C)C(C)C)c2cc3cc(-c4ccc(-c5ccc6cc7c(C#C[Si](C(C)C)(C(C)C)C(C)C)c8cc9ccccc9cc8c(C#C[Si](C(C)C)(C(C)C)C(C)C)c7cc6c5)cc4)ccc3cc12)(C(C)C)C(C)C. The molecule has 0 heterocycles. The average Bonchev–Trinajstić information content (AvgIpc) is 0.732. The lowest BCUT2D eigenvalue weighted by molar-refractivity contribution is 0.838. The van der Waals surface area contributed by atoms with Crippen molar-refractivity contribution in [1.82, 2.24) is 0 Å². The molecule has 0 saturated heterocycles. The van der Waals surface area contributed by atoms with Gasteiger partial charge < -0.3 is 0 Å². The molecule has 0 aliphatic rings. The van der Waals surface area contributed by atoms with Gasteiger partial charge in [0.1, 0.15) is 32.3 Å². The molecule has 4 heteroatoms. The normalized spacial score (nSPS) is 12.9. The summed E-state index contributed by atoms with van der Waals surface area (Å²) in [4.78, 5) is 0. The minimum absolute atomic E-state index is 0.509. The molecule has 0 N–H and O–H groups in total. The molecule has 0 spiro atoms. The summed E-state index contributed by atoms with van der Waals surface area (Å²) < 4.78 is 0. The summed E-state index contributed by atoms with van der Waals surface area (Å²) in [6.07, 6.45) is 0. The lowest BCUT2D eigenvalue weighted by atomic mass is 9.88.